The van der Waals surface area contributed by atoms with Gasteiger partial charge in [-0.25, -0.2) is 17.9 Å². The second-order valence-corrected chi connectivity index (χ2v) is 6.84. The highest BCUT2D eigenvalue weighted by atomic mass is 32.2. The smallest absolute Gasteiger partial charge is 0.328 e. The van der Waals surface area contributed by atoms with Gasteiger partial charge in [0.1, 0.15) is 0 Å². The highest BCUT2D eigenvalue weighted by Gasteiger charge is 2.21. The highest BCUT2D eigenvalue weighted by Crippen LogP contribution is 2.15. The van der Waals surface area contributed by atoms with Crippen LogP contribution in [0.25, 0.3) is 6.08 Å². The van der Waals surface area contributed by atoms with E-state index < -0.39 is 16.0 Å². The molecule has 0 radical (unpaired) electrons. The van der Waals surface area contributed by atoms with Gasteiger partial charge in [-0.15, -0.1) is 0 Å². The molecule has 1 aromatic carbocycles. The number of rotatable bonds is 7. The van der Waals surface area contributed by atoms with Crippen molar-refractivity contribution in [3.05, 3.63) is 35.9 Å². The first-order valence-corrected chi connectivity index (χ1v) is 8.28. The molecule has 0 aliphatic carbocycles. The van der Waals surface area contributed by atoms with Crippen molar-refractivity contribution in [1.82, 2.24) is 4.72 Å². The second kappa shape index (κ2) is 7.38. The van der Waals surface area contributed by atoms with Crippen LogP contribution in [0.1, 0.15) is 32.8 Å². The van der Waals surface area contributed by atoms with Crippen LogP contribution < -0.4 is 4.72 Å². The van der Waals surface area contributed by atoms with Gasteiger partial charge in [0.2, 0.25) is 10.0 Å². The third-order valence-corrected chi connectivity index (χ3v) is 4.63. The van der Waals surface area contributed by atoms with Crippen molar-refractivity contribution in [2.24, 2.45) is 5.92 Å². The average Bonchev–Trinajstić information content (AvgIpc) is 2.42. The fourth-order valence-corrected chi connectivity index (χ4v) is 3.43. The van der Waals surface area contributed by atoms with Crippen molar-refractivity contribution < 1.29 is 18.3 Å². The number of sulfonamides is 1. The summed E-state index contributed by atoms with van der Waals surface area (Å²) in [4.78, 5) is 10.6. The highest BCUT2D eigenvalue weighted by molar-refractivity contribution is 7.89. The molecule has 116 valence electrons. The van der Waals surface area contributed by atoms with E-state index in [1.807, 2.05) is 20.8 Å². The van der Waals surface area contributed by atoms with Crippen molar-refractivity contribution in [2.45, 2.75) is 38.1 Å². The normalized spacial score (nSPS) is 13.7. The Morgan fingerprint density at radius 1 is 1.38 bits per heavy atom. The predicted octanol–water partition coefficient (Wildman–Crippen LogP) is 2.50. The summed E-state index contributed by atoms with van der Waals surface area (Å²) in [6.07, 6.45) is 3.04. The topological polar surface area (TPSA) is 83.5 Å². The third-order valence-electron chi connectivity index (χ3n) is 3.14. The lowest BCUT2D eigenvalue weighted by molar-refractivity contribution is -0.131. The Balaban J connectivity index is 3.03. The standard InChI is InChI=1S/C15H21NO4S/c1-4-14(11(2)3)16-21(19,20)13-7-5-6-12(10-13)8-9-15(17)18/h5-11,14,16H,4H2,1-3H3,(H,17,18). The van der Waals surface area contributed by atoms with E-state index in [4.69, 9.17) is 5.11 Å². The summed E-state index contributed by atoms with van der Waals surface area (Å²) in [7, 11) is -3.61. The van der Waals surface area contributed by atoms with Gasteiger partial charge in [0.15, 0.2) is 0 Å². The van der Waals surface area contributed by atoms with Crippen LogP contribution in [0, 0.1) is 5.92 Å². The summed E-state index contributed by atoms with van der Waals surface area (Å²) in [5, 5.41) is 8.60. The minimum absolute atomic E-state index is 0.131. The maximum absolute atomic E-state index is 12.3. The lowest BCUT2D eigenvalue weighted by Gasteiger charge is -2.20. The molecule has 0 heterocycles. The van der Waals surface area contributed by atoms with Crippen LogP contribution >= 0.6 is 0 Å². The Hall–Kier alpha value is -1.66. The van der Waals surface area contributed by atoms with Gasteiger partial charge >= 0.3 is 5.97 Å². The SMILES string of the molecule is CCC(NS(=O)(=O)c1cccc(C=CC(=O)O)c1)C(C)C. The largest absolute Gasteiger partial charge is 0.478 e. The number of carboxylic acids is 1. The van der Waals surface area contributed by atoms with Crippen molar-refractivity contribution >= 4 is 22.1 Å². The number of aliphatic carboxylic acids is 1. The molecule has 6 heteroatoms. The van der Waals surface area contributed by atoms with Crippen molar-refractivity contribution in [3.63, 3.8) is 0 Å². The van der Waals surface area contributed by atoms with E-state index in [1.54, 1.807) is 12.1 Å². The molecule has 1 rings (SSSR count). The number of carboxylic acid groups (broad SMARTS) is 1. The molecular formula is C15H21NO4S. The number of hydrogen-bond acceptors (Lipinski definition) is 3. The fourth-order valence-electron chi connectivity index (χ4n) is 1.91. The molecule has 0 saturated carbocycles. The molecule has 0 aliphatic rings. The van der Waals surface area contributed by atoms with Crippen molar-refractivity contribution in [3.8, 4) is 0 Å². The van der Waals surface area contributed by atoms with Gasteiger partial charge in [-0.3, -0.25) is 0 Å². The molecule has 2 N–H and O–H groups in total. The molecule has 0 aliphatic heterocycles. The molecule has 5 nitrogen and oxygen atoms in total. The maximum Gasteiger partial charge on any atom is 0.328 e. The summed E-state index contributed by atoms with van der Waals surface area (Å²) >= 11 is 0. The lowest BCUT2D eigenvalue weighted by atomic mass is 10.0. The van der Waals surface area contributed by atoms with Gasteiger partial charge < -0.3 is 5.11 Å². The van der Waals surface area contributed by atoms with E-state index in [-0.39, 0.29) is 16.9 Å². The molecule has 0 fully saturated rings. The summed E-state index contributed by atoms with van der Waals surface area (Å²) < 4.78 is 27.4. The van der Waals surface area contributed by atoms with Crippen LogP contribution in [-0.4, -0.2) is 25.5 Å². The van der Waals surface area contributed by atoms with E-state index in [1.165, 1.54) is 18.2 Å². The zero-order valence-corrected chi connectivity index (χ0v) is 13.2. The van der Waals surface area contributed by atoms with Crippen LogP contribution in [0.4, 0.5) is 0 Å². The summed E-state index contributed by atoms with van der Waals surface area (Å²) in [6.45, 7) is 5.85. The molecule has 1 unspecified atom stereocenters. The Bertz CT molecular complexity index is 620. The Morgan fingerprint density at radius 3 is 2.57 bits per heavy atom. The number of carbonyl (C=O) groups is 1. The maximum atomic E-state index is 12.3. The first kappa shape index (κ1) is 17.4. The van der Waals surface area contributed by atoms with Crippen LogP contribution in [0.5, 0.6) is 0 Å². The Morgan fingerprint density at radius 2 is 2.05 bits per heavy atom. The lowest BCUT2D eigenvalue weighted by Crippen LogP contribution is -2.37. The zero-order valence-electron chi connectivity index (χ0n) is 12.4. The zero-order chi connectivity index (χ0) is 16.0. The van der Waals surface area contributed by atoms with E-state index in [2.05, 4.69) is 4.72 Å². The second-order valence-electron chi connectivity index (χ2n) is 5.12. The molecule has 21 heavy (non-hydrogen) atoms. The number of hydrogen-bond donors (Lipinski definition) is 2. The van der Waals surface area contributed by atoms with Crippen LogP contribution in [0.3, 0.4) is 0 Å². The van der Waals surface area contributed by atoms with E-state index >= 15 is 0 Å². The molecule has 0 saturated heterocycles. The summed E-state index contributed by atoms with van der Waals surface area (Å²) in [6, 6.07) is 6.06. The molecule has 1 aromatic rings. The molecule has 0 bridgehead atoms. The van der Waals surface area contributed by atoms with Gasteiger partial charge in [-0.2, -0.15) is 0 Å². The van der Waals surface area contributed by atoms with Gasteiger partial charge in [-0.05, 0) is 36.1 Å². The third kappa shape index (κ3) is 5.32. The predicted molar refractivity (Wildman–Crippen MR) is 82.4 cm³/mol. The minimum atomic E-state index is -3.61. The molecule has 1 atom stereocenters. The number of nitrogens with one attached hydrogen (secondary N) is 1. The van der Waals surface area contributed by atoms with Crippen LogP contribution in [0.15, 0.2) is 35.2 Å². The monoisotopic (exact) mass is 311 g/mol. The van der Waals surface area contributed by atoms with Gasteiger partial charge in [-0.1, -0.05) is 32.9 Å². The quantitative estimate of drug-likeness (QED) is 0.758. The van der Waals surface area contributed by atoms with E-state index in [0.717, 1.165) is 6.08 Å². The molecule has 0 spiro atoms. The average molecular weight is 311 g/mol. The van der Waals surface area contributed by atoms with E-state index in [9.17, 15) is 13.2 Å². The first-order chi connectivity index (χ1) is 9.76. The van der Waals surface area contributed by atoms with Crippen LogP contribution in [-0.2, 0) is 14.8 Å². The fraction of sp³-hybridized carbons (Fsp3) is 0.400. The van der Waals surface area contributed by atoms with Gasteiger partial charge in [0.05, 0.1) is 4.90 Å². The molecular weight excluding hydrogens is 290 g/mol. The Kier molecular flexibility index (Phi) is 6.11. The number of benzene rings is 1. The summed E-state index contributed by atoms with van der Waals surface area (Å²) in [5.74, 6) is -0.882. The van der Waals surface area contributed by atoms with E-state index in [0.29, 0.717) is 12.0 Å². The first-order valence-electron chi connectivity index (χ1n) is 6.79. The Labute approximate surface area is 125 Å². The van der Waals surface area contributed by atoms with Gasteiger partial charge in [0.25, 0.3) is 0 Å². The van der Waals surface area contributed by atoms with Gasteiger partial charge in [0, 0.05) is 12.1 Å². The van der Waals surface area contributed by atoms with Crippen molar-refractivity contribution in [1.29, 1.82) is 0 Å². The van der Waals surface area contributed by atoms with Crippen molar-refractivity contribution in [2.75, 3.05) is 0 Å². The molecule has 0 amide bonds. The van der Waals surface area contributed by atoms with Crippen LogP contribution in [0.2, 0.25) is 0 Å². The summed E-state index contributed by atoms with van der Waals surface area (Å²) in [5.41, 5.74) is 0.526. The minimum Gasteiger partial charge on any atom is -0.478 e. The molecule has 0 aromatic heterocycles.